The van der Waals surface area contributed by atoms with Crippen LogP contribution in [0.5, 0.6) is 0 Å². The van der Waals surface area contributed by atoms with Crippen LogP contribution in [0, 0.1) is 5.21 Å². The van der Waals surface area contributed by atoms with E-state index in [0.717, 1.165) is 5.57 Å². The molecule has 5 nitrogen and oxygen atoms in total. The molecule has 5 heteroatoms. The van der Waals surface area contributed by atoms with E-state index >= 15 is 0 Å². The van der Waals surface area contributed by atoms with E-state index in [1.165, 1.54) is 0 Å². The molecule has 0 fully saturated rings. The Morgan fingerprint density at radius 2 is 2.06 bits per heavy atom. The zero-order valence-corrected chi connectivity index (χ0v) is 12.2. The van der Waals surface area contributed by atoms with E-state index in [9.17, 15) is 10.4 Å². The molecule has 1 N–H and O–H groups in total. The number of nitrogens with zero attached hydrogens (tertiary/aromatic N) is 1. The van der Waals surface area contributed by atoms with Crippen LogP contribution in [0.4, 0.5) is 0 Å². The first-order valence-corrected chi connectivity index (χ1v) is 6.46. The number of hydrogen-bond donors (Lipinski definition) is 1. The molecule has 0 aromatic heterocycles. The van der Waals surface area contributed by atoms with Crippen LogP contribution >= 0.6 is 0 Å². The standard InChI is InChI=1S/C13H27NO4/c1-6-13(8-7-11(2)3)14(15,16)18-12(4)9-10-17-5/h7,12-13,15H,6,8-10H2,1-5H3/t12-,13?/m0/s1. The van der Waals surface area contributed by atoms with Crippen LogP contribution in [0.3, 0.4) is 0 Å². The van der Waals surface area contributed by atoms with E-state index in [0.29, 0.717) is 25.9 Å². The maximum absolute atomic E-state index is 12.0. The van der Waals surface area contributed by atoms with Crippen molar-refractivity contribution in [3.05, 3.63) is 16.9 Å². The number of rotatable bonds is 9. The fraction of sp³-hybridized carbons (Fsp3) is 0.846. The number of methoxy groups -OCH3 is 1. The van der Waals surface area contributed by atoms with Gasteiger partial charge in [0.1, 0.15) is 6.10 Å². The smallest absolute Gasteiger partial charge is 0.155 e. The molecular formula is C13H27NO4. The molecule has 0 aliphatic rings. The molecule has 18 heavy (non-hydrogen) atoms. The van der Waals surface area contributed by atoms with Gasteiger partial charge in [0.25, 0.3) is 0 Å². The molecule has 108 valence electrons. The van der Waals surface area contributed by atoms with Crippen molar-refractivity contribution in [2.45, 2.75) is 59.1 Å². The summed E-state index contributed by atoms with van der Waals surface area (Å²) in [5, 5.41) is 21.9. The van der Waals surface area contributed by atoms with Crippen LogP contribution in [-0.2, 0) is 9.57 Å². The van der Waals surface area contributed by atoms with E-state index in [2.05, 4.69) is 0 Å². The fourth-order valence-electron chi connectivity index (χ4n) is 1.58. The van der Waals surface area contributed by atoms with E-state index in [-0.39, 0.29) is 6.10 Å². The molecule has 0 aromatic carbocycles. The topological polar surface area (TPSA) is 61.8 Å². The summed E-state index contributed by atoms with van der Waals surface area (Å²) in [5.41, 5.74) is 1.13. The molecule has 0 aliphatic heterocycles. The molecule has 0 radical (unpaired) electrons. The molecule has 0 aromatic rings. The second-order valence-electron chi connectivity index (χ2n) is 4.84. The lowest BCUT2D eigenvalue weighted by Gasteiger charge is -2.38. The minimum Gasteiger partial charge on any atom is -0.564 e. The van der Waals surface area contributed by atoms with E-state index in [4.69, 9.17) is 9.57 Å². The zero-order chi connectivity index (χ0) is 14.2. The molecule has 0 saturated carbocycles. The van der Waals surface area contributed by atoms with Crippen LogP contribution in [0.1, 0.15) is 47.0 Å². The summed E-state index contributed by atoms with van der Waals surface area (Å²) in [6.45, 7) is 8.06. The number of hydrogen-bond acceptors (Lipinski definition) is 4. The molecule has 0 saturated heterocycles. The van der Waals surface area contributed by atoms with Crippen LogP contribution in [-0.4, -0.2) is 36.0 Å². The summed E-state index contributed by atoms with van der Waals surface area (Å²) < 4.78 is 4.91. The van der Waals surface area contributed by atoms with Crippen molar-refractivity contribution in [3.8, 4) is 0 Å². The third-order valence-electron chi connectivity index (χ3n) is 2.79. The van der Waals surface area contributed by atoms with E-state index in [1.54, 1.807) is 14.0 Å². The zero-order valence-electron chi connectivity index (χ0n) is 12.2. The van der Waals surface area contributed by atoms with Crippen molar-refractivity contribution < 1.29 is 19.8 Å². The average Bonchev–Trinajstić information content (AvgIpc) is 2.25. The summed E-state index contributed by atoms with van der Waals surface area (Å²) in [6.07, 6.45) is 3.25. The highest BCUT2D eigenvalue weighted by molar-refractivity contribution is 4.94. The van der Waals surface area contributed by atoms with Gasteiger partial charge in [-0.1, -0.05) is 23.5 Å². The summed E-state index contributed by atoms with van der Waals surface area (Å²) >= 11 is 0. The van der Waals surface area contributed by atoms with Gasteiger partial charge in [-0.15, -0.1) is 0 Å². The average molecular weight is 261 g/mol. The summed E-state index contributed by atoms with van der Waals surface area (Å²) in [5.74, 6) is 0. The first-order valence-electron chi connectivity index (χ1n) is 6.46. The highest BCUT2D eigenvalue weighted by Gasteiger charge is 2.30. The van der Waals surface area contributed by atoms with Gasteiger partial charge >= 0.3 is 0 Å². The lowest BCUT2D eigenvalue weighted by atomic mass is 10.1. The molecule has 0 rings (SSSR count). The van der Waals surface area contributed by atoms with Crippen molar-refractivity contribution in [1.82, 2.24) is 0 Å². The Kier molecular flexibility index (Phi) is 8.39. The lowest BCUT2D eigenvalue weighted by molar-refractivity contribution is -1.23. The minimum atomic E-state index is -1.63. The lowest BCUT2D eigenvalue weighted by Crippen LogP contribution is -2.49. The quantitative estimate of drug-likeness (QED) is 0.393. The molecule has 0 heterocycles. The van der Waals surface area contributed by atoms with Crippen molar-refractivity contribution in [1.29, 1.82) is 0 Å². The third kappa shape index (κ3) is 7.08. The molecular weight excluding hydrogens is 234 g/mol. The van der Waals surface area contributed by atoms with Crippen molar-refractivity contribution in [3.63, 3.8) is 0 Å². The second kappa shape index (κ2) is 8.61. The van der Waals surface area contributed by atoms with Crippen LogP contribution in [0.2, 0.25) is 0 Å². The van der Waals surface area contributed by atoms with E-state index in [1.807, 2.05) is 26.8 Å². The Morgan fingerprint density at radius 1 is 1.44 bits per heavy atom. The molecule has 0 bridgehead atoms. The first kappa shape index (κ1) is 17.5. The Bertz CT molecular complexity index is 249. The molecule has 0 spiro atoms. The maximum Gasteiger partial charge on any atom is 0.155 e. The first-order chi connectivity index (χ1) is 8.33. The van der Waals surface area contributed by atoms with Crippen LogP contribution in [0.25, 0.3) is 0 Å². The minimum absolute atomic E-state index is 0.340. The predicted octanol–water partition coefficient (Wildman–Crippen LogP) is 3.18. The maximum atomic E-state index is 12.0. The summed E-state index contributed by atoms with van der Waals surface area (Å²) in [6, 6.07) is -0.495. The van der Waals surface area contributed by atoms with Gasteiger partial charge in [0, 0.05) is 33.0 Å². The Hall–Kier alpha value is -0.460. The van der Waals surface area contributed by atoms with Gasteiger partial charge in [0.15, 0.2) is 6.04 Å². The van der Waals surface area contributed by atoms with Gasteiger partial charge in [-0.3, -0.25) is 0 Å². The van der Waals surface area contributed by atoms with Gasteiger partial charge in [0.2, 0.25) is 0 Å². The third-order valence-corrected chi connectivity index (χ3v) is 2.79. The highest BCUT2D eigenvalue weighted by atomic mass is 17.1. The normalized spacial score (nSPS) is 17.9. The molecule has 0 amide bonds. The summed E-state index contributed by atoms with van der Waals surface area (Å²) in [4.78, 5) is 3.52. The fourth-order valence-corrected chi connectivity index (χ4v) is 1.58. The molecule has 2 unspecified atom stereocenters. The van der Waals surface area contributed by atoms with E-state index < -0.39 is 11.0 Å². The second-order valence-corrected chi connectivity index (χ2v) is 4.84. The largest absolute Gasteiger partial charge is 0.564 e. The van der Waals surface area contributed by atoms with Gasteiger partial charge in [-0.05, 0) is 20.8 Å². The highest BCUT2D eigenvalue weighted by Crippen LogP contribution is 2.20. The van der Waals surface area contributed by atoms with Gasteiger partial charge in [-0.25, -0.2) is 0 Å². The Labute approximate surface area is 110 Å². The Morgan fingerprint density at radius 3 is 2.50 bits per heavy atom. The monoisotopic (exact) mass is 261 g/mol. The van der Waals surface area contributed by atoms with Gasteiger partial charge in [-0.2, -0.15) is 10.0 Å². The number of quaternary nitrogens is 1. The van der Waals surface area contributed by atoms with Crippen molar-refractivity contribution in [2.75, 3.05) is 13.7 Å². The molecule has 0 aliphatic carbocycles. The van der Waals surface area contributed by atoms with Gasteiger partial charge < -0.3 is 9.94 Å². The Balaban J connectivity index is 4.41. The number of allylic oxidation sites excluding steroid dienone is 1. The van der Waals surface area contributed by atoms with Crippen molar-refractivity contribution in [2.24, 2.45) is 0 Å². The van der Waals surface area contributed by atoms with Crippen molar-refractivity contribution >= 4 is 0 Å². The predicted molar refractivity (Wildman–Crippen MR) is 70.6 cm³/mol. The summed E-state index contributed by atoms with van der Waals surface area (Å²) in [7, 11) is 1.59. The number of ether oxygens (including phenoxy) is 1. The number of hydroxylamine groups is 3. The van der Waals surface area contributed by atoms with Gasteiger partial charge in [0.05, 0.1) is 0 Å². The van der Waals surface area contributed by atoms with Crippen LogP contribution < -0.4 is 0 Å². The van der Waals surface area contributed by atoms with Crippen LogP contribution in [0.15, 0.2) is 11.6 Å². The SMILES string of the molecule is CCC(CC=C(C)C)[N+]([O-])(O)O[C@@H](C)CCOC. The molecule has 3 atom stereocenters.